The van der Waals surface area contributed by atoms with E-state index in [0.29, 0.717) is 6.54 Å². The van der Waals surface area contributed by atoms with Crippen molar-refractivity contribution in [3.05, 3.63) is 69.9 Å². The van der Waals surface area contributed by atoms with Gasteiger partial charge in [0.1, 0.15) is 0 Å². The van der Waals surface area contributed by atoms with Crippen molar-refractivity contribution in [1.82, 2.24) is 5.32 Å². The Bertz CT molecular complexity index is 837. The summed E-state index contributed by atoms with van der Waals surface area (Å²) in [5.41, 5.74) is 0.186. The maximum atomic E-state index is 12.2. The summed E-state index contributed by atoms with van der Waals surface area (Å²) in [5.74, 6) is -1.49. The minimum Gasteiger partial charge on any atom is -0.478 e. The van der Waals surface area contributed by atoms with E-state index in [9.17, 15) is 9.59 Å². The quantitative estimate of drug-likeness (QED) is 0.733. The maximum absolute atomic E-state index is 12.2. The summed E-state index contributed by atoms with van der Waals surface area (Å²) in [6.07, 6.45) is 0. The Morgan fingerprint density at radius 1 is 0.957 bits per heavy atom. The van der Waals surface area contributed by atoms with E-state index < -0.39 is 5.97 Å². The number of amides is 1. The number of aromatic carboxylic acids is 1. The number of carbonyl (C=O) groups excluding carboxylic acids is 1. The first-order valence-corrected chi connectivity index (χ1v) is 8.58. The van der Waals surface area contributed by atoms with Crippen LogP contribution in [0, 0.1) is 0 Å². The summed E-state index contributed by atoms with van der Waals surface area (Å²) in [6.45, 7) is 0.378. The molecule has 116 valence electrons. The van der Waals surface area contributed by atoms with Gasteiger partial charge in [0.25, 0.3) is 5.91 Å². The third-order valence-corrected chi connectivity index (χ3v) is 5.40. The number of benzene rings is 1. The van der Waals surface area contributed by atoms with E-state index >= 15 is 0 Å². The summed E-state index contributed by atoms with van der Waals surface area (Å²) >= 11 is 3.29. The monoisotopic (exact) mass is 343 g/mol. The first kappa shape index (κ1) is 15.5. The highest BCUT2D eigenvalue weighted by atomic mass is 32.1. The van der Waals surface area contributed by atoms with Crippen LogP contribution in [0.2, 0.25) is 0 Å². The summed E-state index contributed by atoms with van der Waals surface area (Å²) in [6, 6.07) is 14.3. The van der Waals surface area contributed by atoms with Gasteiger partial charge < -0.3 is 10.4 Å². The molecule has 0 fully saturated rings. The first-order chi connectivity index (χ1) is 11.1. The van der Waals surface area contributed by atoms with Crippen LogP contribution >= 0.6 is 22.7 Å². The molecule has 0 aliphatic heterocycles. The molecule has 1 aromatic carbocycles. The van der Waals surface area contributed by atoms with Crippen molar-refractivity contribution in [2.24, 2.45) is 0 Å². The highest BCUT2D eigenvalue weighted by Crippen LogP contribution is 2.31. The molecule has 2 aromatic heterocycles. The molecule has 1 amide bonds. The molecular weight excluding hydrogens is 330 g/mol. The predicted octanol–water partition coefficient (Wildman–Crippen LogP) is 4.10. The molecule has 2 N–H and O–H groups in total. The van der Waals surface area contributed by atoms with E-state index in [1.54, 1.807) is 34.8 Å². The van der Waals surface area contributed by atoms with Gasteiger partial charge in [-0.05, 0) is 35.7 Å². The lowest BCUT2D eigenvalue weighted by molar-refractivity contribution is 0.0691. The molecule has 6 heteroatoms. The zero-order valence-electron chi connectivity index (χ0n) is 12.0. The molecule has 0 saturated heterocycles. The van der Waals surface area contributed by atoms with Crippen LogP contribution < -0.4 is 5.32 Å². The van der Waals surface area contributed by atoms with Gasteiger partial charge in [0.2, 0.25) is 0 Å². The fraction of sp³-hybridized carbons (Fsp3) is 0.0588. The number of carbonyl (C=O) groups is 2. The minimum absolute atomic E-state index is 0.00968. The van der Waals surface area contributed by atoms with Crippen LogP contribution in [-0.4, -0.2) is 17.0 Å². The Morgan fingerprint density at radius 2 is 1.74 bits per heavy atom. The number of carboxylic acids is 1. The number of hydrogen-bond donors (Lipinski definition) is 2. The van der Waals surface area contributed by atoms with Gasteiger partial charge in [-0.25, -0.2) is 4.79 Å². The van der Waals surface area contributed by atoms with Crippen LogP contribution in [0.3, 0.4) is 0 Å². The standard InChI is InChI=1S/C17H13NO3S2/c19-16(12-4-1-2-5-13(12)17(20)21)18-10-11-7-8-15(23-11)14-6-3-9-22-14/h1-9H,10H2,(H,18,19)(H,20,21). The molecule has 0 aliphatic carbocycles. The molecule has 0 bridgehead atoms. The molecule has 0 atom stereocenters. The molecule has 3 aromatic rings. The number of carboxylic acid groups (broad SMARTS) is 1. The Labute approximate surface area is 141 Å². The average molecular weight is 343 g/mol. The van der Waals surface area contributed by atoms with Crippen LogP contribution in [0.4, 0.5) is 0 Å². The van der Waals surface area contributed by atoms with Crippen molar-refractivity contribution in [1.29, 1.82) is 0 Å². The van der Waals surface area contributed by atoms with Gasteiger partial charge in [-0.3, -0.25) is 4.79 Å². The second-order valence-corrected chi connectivity index (χ2v) is 6.89. The second-order valence-electron chi connectivity index (χ2n) is 4.78. The number of hydrogen-bond acceptors (Lipinski definition) is 4. The van der Waals surface area contributed by atoms with Crippen molar-refractivity contribution in [3.63, 3.8) is 0 Å². The Morgan fingerprint density at radius 3 is 2.43 bits per heavy atom. The predicted molar refractivity (Wildman–Crippen MR) is 92.2 cm³/mol. The van der Waals surface area contributed by atoms with Gasteiger partial charge in [0.05, 0.1) is 17.7 Å². The third kappa shape index (κ3) is 3.49. The highest BCUT2D eigenvalue weighted by Gasteiger charge is 2.15. The Kier molecular flexibility index (Phi) is 4.55. The molecule has 23 heavy (non-hydrogen) atoms. The lowest BCUT2D eigenvalue weighted by atomic mass is 10.1. The Balaban J connectivity index is 1.69. The van der Waals surface area contributed by atoms with Crippen LogP contribution in [-0.2, 0) is 6.54 Å². The minimum atomic E-state index is -1.10. The van der Waals surface area contributed by atoms with Crippen molar-refractivity contribution < 1.29 is 14.7 Å². The summed E-state index contributed by atoms with van der Waals surface area (Å²) in [5, 5.41) is 13.9. The zero-order chi connectivity index (χ0) is 16.2. The van der Waals surface area contributed by atoms with E-state index in [-0.39, 0.29) is 17.0 Å². The van der Waals surface area contributed by atoms with E-state index in [0.717, 1.165) is 9.75 Å². The van der Waals surface area contributed by atoms with E-state index in [4.69, 9.17) is 5.11 Å². The maximum Gasteiger partial charge on any atom is 0.336 e. The van der Waals surface area contributed by atoms with Gasteiger partial charge >= 0.3 is 5.97 Å². The van der Waals surface area contributed by atoms with Crippen molar-refractivity contribution in [3.8, 4) is 9.75 Å². The molecule has 0 spiro atoms. The largest absolute Gasteiger partial charge is 0.478 e. The van der Waals surface area contributed by atoms with Crippen molar-refractivity contribution >= 4 is 34.6 Å². The number of rotatable bonds is 5. The van der Waals surface area contributed by atoms with Crippen LogP contribution in [0.25, 0.3) is 9.75 Å². The molecule has 0 aliphatic rings. The van der Waals surface area contributed by atoms with Gasteiger partial charge in [0.15, 0.2) is 0 Å². The second kappa shape index (κ2) is 6.76. The number of nitrogens with one attached hydrogen (secondary N) is 1. The fourth-order valence-corrected chi connectivity index (χ4v) is 3.94. The zero-order valence-corrected chi connectivity index (χ0v) is 13.6. The smallest absolute Gasteiger partial charge is 0.336 e. The van der Waals surface area contributed by atoms with E-state index in [1.165, 1.54) is 17.0 Å². The van der Waals surface area contributed by atoms with E-state index in [2.05, 4.69) is 11.4 Å². The van der Waals surface area contributed by atoms with Gasteiger partial charge in [-0.15, -0.1) is 22.7 Å². The van der Waals surface area contributed by atoms with Crippen molar-refractivity contribution in [2.75, 3.05) is 0 Å². The SMILES string of the molecule is O=C(O)c1ccccc1C(=O)NCc1ccc(-c2cccs2)s1. The third-order valence-electron chi connectivity index (χ3n) is 3.25. The molecule has 0 radical (unpaired) electrons. The molecule has 2 heterocycles. The average Bonchev–Trinajstić information content (AvgIpc) is 3.23. The van der Waals surface area contributed by atoms with Crippen LogP contribution in [0.1, 0.15) is 25.6 Å². The number of thiophene rings is 2. The lowest BCUT2D eigenvalue weighted by Crippen LogP contribution is -2.24. The van der Waals surface area contributed by atoms with Gasteiger partial charge in [-0.2, -0.15) is 0 Å². The molecule has 0 saturated carbocycles. The van der Waals surface area contributed by atoms with Gasteiger partial charge in [0, 0.05) is 14.6 Å². The summed E-state index contributed by atoms with van der Waals surface area (Å²) in [4.78, 5) is 26.8. The molecular formula is C17H13NO3S2. The topological polar surface area (TPSA) is 66.4 Å². The Hall–Kier alpha value is -2.44. The van der Waals surface area contributed by atoms with Crippen molar-refractivity contribution in [2.45, 2.75) is 6.54 Å². The highest BCUT2D eigenvalue weighted by molar-refractivity contribution is 7.21. The molecule has 3 rings (SSSR count). The van der Waals surface area contributed by atoms with Crippen LogP contribution in [0.15, 0.2) is 53.9 Å². The lowest BCUT2D eigenvalue weighted by Gasteiger charge is -2.06. The first-order valence-electron chi connectivity index (χ1n) is 6.88. The molecule has 0 unspecified atom stereocenters. The molecule has 4 nitrogen and oxygen atoms in total. The normalized spacial score (nSPS) is 10.4. The van der Waals surface area contributed by atoms with Gasteiger partial charge in [-0.1, -0.05) is 18.2 Å². The summed E-state index contributed by atoms with van der Waals surface area (Å²) in [7, 11) is 0. The van der Waals surface area contributed by atoms with E-state index in [1.807, 2.05) is 23.6 Å². The van der Waals surface area contributed by atoms with Crippen LogP contribution in [0.5, 0.6) is 0 Å². The fourth-order valence-electron chi connectivity index (χ4n) is 2.15. The summed E-state index contributed by atoms with van der Waals surface area (Å²) < 4.78 is 0.